The molecule has 0 bridgehead atoms. The van der Waals surface area contributed by atoms with Gasteiger partial charge >= 0.3 is 17.7 Å². The summed E-state index contributed by atoms with van der Waals surface area (Å²) in [5.74, 6) is -6.71. The highest BCUT2D eigenvalue weighted by atomic mass is 31.2. The van der Waals surface area contributed by atoms with Gasteiger partial charge in [0.15, 0.2) is 0 Å². The number of Topliss-reactive ketones (excluding diaryl/α,β-unsaturated/α-hetero) is 2. The summed E-state index contributed by atoms with van der Waals surface area (Å²) in [5.41, 5.74) is 3.80. The first-order valence-corrected chi connectivity index (χ1v) is 22.9. The van der Waals surface area contributed by atoms with Crippen LogP contribution in [-0.2, 0) is 32.3 Å². The molecule has 0 saturated heterocycles. The second-order valence-corrected chi connectivity index (χ2v) is 18.1. The Bertz CT molecular complexity index is 2690. The van der Waals surface area contributed by atoms with Crippen molar-refractivity contribution in [2.24, 2.45) is 0 Å². The summed E-state index contributed by atoms with van der Waals surface area (Å²) in [7, 11) is 0. The summed E-state index contributed by atoms with van der Waals surface area (Å²) >= 11 is 0. The van der Waals surface area contributed by atoms with Crippen LogP contribution in [0.4, 0.5) is 4.53 Å². The number of halogens is 1. The van der Waals surface area contributed by atoms with Gasteiger partial charge in [-0.1, -0.05) is 229 Å². The Morgan fingerprint density at radius 1 is 0.493 bits per heavy atom. The minimum absolute atomic E-state index is 0.00455. The van der Waals surface area contributed by atoms with Gasteiger partial charge < -0.3 is 19.7 Å². The van der Waals surface area contributed by atoms with Crippen molar-refractivity contribution >= 4 is 63.8 Å². The summed E-state index contributed by atoms with van der Waals surface area (Å²) in [5, 5.41) is 28.1. The van der Waals surface area contributed by atoms with Crippen molar-refractivity contribution in [1.29, 1.82) is 0 Å². The van der Waals surface area contributed by atoms with Crippen molar-refractivity contribution in [2.45, 2.75) is 32.8 Å². The van der Waals surface area contributed by atoms with Crippen LogP contribution in [0.2, 0.25) is 0 Å². The number of aliphatic hydroxyl groups is 2. The first kappa shape index (κ1) is 50.4. The number of carbonyl (C=O) groups excluding carboxylic acids is 4. The van der Waals surface area contributed by atoms with Crippen LogP contribution in [0.1, 0.15) is 56.8 Å². The van der Waals surface area contributed by atoms with Gasteiger partial charge in [-0.2, -0.15) is 0 Å². The number of ketones is 2. The molecule has 11 heteroatoms. The Balaban J connectivity index is 0.000000275. The molecule has 0 heterocycles. The van der Waals surface area contributed by atoms with Crippen LogP contribution >= 0.6 is 6.89 Å². The van der Waals surface area contributed by atoms with Crippen LogP contribution in [0, 0.1) is 0 Å². The predicted octanol–water partition coefficient (Wildman–Crippen LogP) is 9.00. The van der Waals surface area contributed by atoms with E-state index >= 15 is 0 Å². The SMILES string of the molecule is C/C=C/c1ccc(C(=O)C(C(=O)OCc2ccccc2)=P(c2ccccc2)(c2ccccc2)c2ccccc2)cc1.C/C=C/c1ccc(C(=O)C(O)(O)C(=O)OCc2ccccc2)cc1.OF. The van der Waals surface area contributed by atoms with Crippen molar-refractivity contribution in [1.82, 2.24) is 0 Å². The number of benzene rings is 7. The van der Waals surface area contributed by atoms with Gasteiger partial charge in [-0.3, -0.25) is 9.59 Å². The van der Waals surface area contributed by atoms with Crippen molar-refractivity contribution in [3.8, 4) is 0 Å². The Hall–Kier alpha value is -7.59. The standard InChI is InChI=1S/C37H31O3P.C19H18O5.FHO/c1-2-15-29-24-26-31(27-25-29)35(38)36(37(39)40-28-30-16-7-3-8-17-30)41(32-18-9-4-10-19-32,33-20-11-5-12-21-33)34-22-13-6-14-23-34;1-2-6-14-9-11-16(12-10-14)17(20)19(22,23)18(21)24-13-15-7-4-3-5-8-15;1-2/h2-27H,28H2,1H3;2-12,22-23H,13H2,1H3;2H/b15-2+;6-2+;. The maximum Gasteiger partial charge on any atom is 0.375 e. The summed E-state index contributed by atoms with van der Waals surface area (Å²) in [6.45, 7) is 0.705. The zero-order valence-electron chi connectivity index (χ0n) is 36.9. The lowest BCUT2D eigenvalue weighted by atomic mass is 10.0. The summed E-state index contributed by atoms with van der Waals surface area (Å²) in [6.07, 6.45) is 7.59. The van der Waals surface area contributed by atoms with Crippen LogP contribution in [-0.4, -0.2) is 50.1 Å². The van der Waals surface area contributed by atoms with Gasteiger partial charge in [-0.05, 0) is 58.9 Å². The lowest BCUT2D eigenvalue weighted by Crippen LogP contribution is -2.47. The van der Waals surface area contributed by atoms with E-state index in [2.05, 4.69) is 0 Å². The number of ether oxygens (including phenoxy) is 2. The summed E-state index contributed by atoms with van der Waals surface area (Å²) in [4.78, 5) is 53.1. The zero-order valence-corrected chi connectivity index (χ0v) is 37.8. The van der Waals surface area contributed by atoms with Crippen molar-refractivity contribution in [2.75, 3.05) is 0 Å². The van der Waals surface area contributed by atoms with E-state index in [0.717, 1.165) is 32.6 Å². The molecule has 0 aliphatic carbocycles. The number of hydrogen-bond acceptors (Lipinski definition) is 9. The van der Waals surface area contributed by atoms with Crippen LogP contribution < -0.4 is 15.9 Å². The van der Waals surface area contributed by atoms with Crippen molar-refractivity contribution < 1.29 is 48.7 Å². The number of esters is 2. The van der Waals surface area contributed by atoms with E-state index in [1.165, 1.54) is 12.1 Å². The highest BCUT2D eigenvalue weighted by molar-refractivity contribution is 7.97. The molecule has 3 N–H and O–H groups in total. The van der Waals surface area contributed by atoms with Crippen LogP contribution in [0.3, 0.4) is 0 Å². The Morgan fingerprint density at radius 3 is 1.21 bits per heavy atom. The molecule has 67 heavy (non-hydrogen) atoms. The van der Waals surface area contributed by atoms with Crippen LogP contribution in [0.25, 0.3) is 12.2 Å². The molecule has 7 aromatic rings. The quantitative estimate of drug-likeness (QED) is 0.0302. The van der Waals surface area contributed by atoms with E-state index < -0.39 is 30.4 Å². The molecule has 7 aromatic carbocycles. The topological polar surface area (TPSA) is 147 Å². The van der Waals surface area contributed by atoms with Gasteiger partial charge in [0.2, 0.25) is 11.6 Å². The fraction of sp³-hybridized carbons (Fsp3) is 0.0893. The fourth-order valence-corrected chi connectivity index (χ4v) is 11.4. The average molecular weight is 917 g/mol. The maximum absolute atomic E-state index is 14.7. The smallest absolute Gasteiger partial charge is 0.375 e. The molecule has 0 amide bonds. The first-order valence-electron chi connectivity index (χ1n) is 21.1. The second-order valence-electron chi connectivity index (χ2n) is 14.7. The molecule has 0 aliphatic rings. The molecule has 340 valence electrons. The third kappa shape index (κ3) is 12.8. The number of hydrogen-bond donors (Lipinski definition) is 3. The molecule has 0 atom stereocenters. The molecular weight excluding hydrogens is 867 g/mol. The van der Waals surface area contributed by atoms with Gasteiger partial charge in [0.1, 0.15) is 18.5 Å². The summed E-state index contributed by atoms with van der Waals surface area (Å²) in [6, 6.07) is 61.4. The monoisotopic (exact) mass is 916 g/mol. The number of carbonyl (C=O) groups is 4. The molecule has 9 nitrogen and oxygen atoms in total. The fourth-order valence-electron chi connectivity index (χ4n) is 7.09. The Labute approximate surface area is 389 Å². The summed E-state index contributed by atoms with van der Waals surface area (Å²) < 4.78 is 19.3. The van der Waals surface area contributed by atoms with Crippen LogP contribution in [0.15, 0.2) is 212 Å². The zero-order chi connectivity index (χ0) is 48.1. The highest BCUT2D eigenvalue weighted by Gasteiger charge is 2.44. The van der Waals surface area contributed by atoms with Gasteiger partial charge in [0.25, 0.3) is 0 Å². The van der Waals surface area contributed by atoms with Crippen molar-refractivity contribution in [3.05, 3.63) is 246 Å². The lowest BCUT2D eigenvalue weighted by Gasteiger charge is -2.31. The van der Waals surface area contributed by atoms with E-state index in [1.54, 1.807) is 54.6 Å². The second kappa shape index (κ2) is 25.2. The molecule has 0 unspecified atom stereocenters. The van der Waals surface area contributed by atoms with Gasteiger partial charge in [-0.25, -0.2) is 14.9 Å². The van der Waals surface area contributed by atoms with E-state index in [4.69, 9.17) is 19.3 Å². The van der Waals surface area contributed by atoms with Gasteiger partial charge in [0.05, 0.1) is 0 Å². The first-order chi connectivity index (χ1) is 32.6. The van der Waals surface area contributed by atoms with Gasteiger partial charge in [0, 0.05) is 11.1 Å². The molecule has 0 spiro atoms. The minimum atomic E-state index is -3.23. The number of allylic oxidation sites excluding steroid dienone is 2. The lowest BCUT2D eigenvalue weighted by molar-refractivity contribution is -0.193. The highest BCUT2D eigenvalue weighted by Crippen LogP contribution is 2.47. The Morgan fingerprint density at radius 2 is 0.836 bits per heavy atom. The van der Waals surface area contributed by atoms with E-state index in [9.17, 15) is 29.4 Å². The largest absolute Gasteiger partial charge is 0.457 e. The number of rotatable bonds is 15. The third-order valence-electron chi connectivity index (χ3n) is 10.3. The van der Waals surface area contributed by atoms with E-state index in [-0.39, 0.29) is 29.9 Å². The average Bonchev–Trinajstić information content (AvgIpc) is 3.39. The third-order valence-corrected chi connectivity index (χ3v) is 14.5. The minimum Gasteiger partial charge on any atom is -0.457 e. The van der Waals surface area contributed by atoms with E-state index in [1.807, 2.05) is 172 Å². The van der Waals surface area contributed by atoms with E-state index in [0.29, 0.717) is 11.1 Å². The molecule has 0 saturated carbocycles. The molecule has 0 aromatic heterocycles. The predicted molar refractivity (Wildman–Crippen MR) is 264 cm³/mol. The molecule has 0 fully saturated rings. The molecule has 0 radical (unpaired) electrons. The molecule has 7 rings (SSSR count). The maximum atomic E-state index is 14.7. The van der Waals surface area contributed by atoms with Gasteiger partial charge in [-0.15, -0.1) is 0 Å². The molecule has 0 aliphatic heterocycles. The Kier molecular flexibility index (Phi) is 19.0. The van der Waals surface area contributed by atoms with Crippen LogP contribution in [0.5, 0.6) is 0 Å². The van der Waals surface area contributed by atoms with Crippen molar-refractivity contribution in [3.63, 3.8) is 0 Å². The normalized spacial score (nSPS) is 11.1. The molecular formula is C56H50FO9P.